The normalized spacial score (nSPS) is 20.9. The summed E-state index contributed by atoms with van der Waals surface area (Å²) >= 11 is 0. The van der Waals surface area contributed by atoms with Crippen LogP contribution in [0.1, 0.15) is 68.1 Å². The monoisotopic (exact) mass is 574 g/mol. The van der Waals surface area contributed by atoms with E-state index in [1.165, 1.54) is 18.1 Å². The van der Waals surface area contributed by atoms with E-state index in [2.05, 4.69) is 15.3 Å². The van der Waals surface area contributed by atoms with Gasteiger partial charge in [0.1, 0.15) is 17.4 Å². The second-order valence-corrected chi connectivity index (χ2v) is 11.1. The Labute approximate surface area is 237 Å². The van der Waals surface area contributed by atoms with Crippen LogP contribution < -0.4 is 10.1 Å². The van der Waals surface area contributed by atoms with E-state index in [0.717, 1.165) is 12.1 Å². The predicted molar refractivity (Wildman–Crippen MR) is 149 cm³/mol. The smallest absolute Gasteiger partial charge is 0.416 e. The zero-order chi connectivity index (χ0) is 30.1. The second-order valence-electron chi connectivity index (χ2n) is 11.1. The molecule has 11 heteroatoms. The first-order valence-electron chi connectivity index (χ1n) is 13.7. The predicted octanol–water partition coefficient (Wildman–Crippen LogP) is 5.36. The number of carbonyl (C=O) groups excluding carboxylic acids is 1. The van der Waals surface area contributed by atoms with Gasteiger partial charge in [-0.2, -0.15) is 13.2 Å². The third-order valence-corrected chi connectivity index (χ3v) is 7.77. The summed E-state index contributed by atoms with van der Waals surface area (Å²) in [7, 11) is 3.18. The Hall–Kier alpha value is -3.44. The van der Waals surface area contributed by atoms with Crippen molar-refractivity contribution in [2.75, 3.05) is 26.0 Å². The maximum absolute atomic E-state index is 13.3. The zero-order valence-corrected chi connectivity index (χ0v) is 23.9. The minimum absolute atomic E-state index is 0.0580. The van der Waals surface area contributed by atoms with Gasteiger partial charge in [-0.1, -0.05) is 12.1 Å². The SMILES string of the molecule is COc1cc2nc(C)nc(N[C@H](C)c3cccc(C(F)(F)F)c3)c2cc1[C@]1(O)CC[C@H](C(=O)N(C)C[C@H](C)O)CC1. The van der Waals surface area contributed by atoms with Gasteiger partial charge < -0.3 is 25.2 Å². The van der Waals surface area contributed by atoms with Crippen LogP contribution in [0.5, 0.6) is 5.75 Å². The largest absolute Gasteiger partial charge is 0.496 e. The van der Waals surface area contributed by atoms with Gasteiger partial charge in [0.05, 0.1) is 29.9 Å². The number of carbonyl (C=O) groups is 1. The molecule has 0 bridgehead atoms. The average molecular weight is 575 g/mol. The van der Waals surface area contributed by atoms with Crippen molar-refractivity contribution in [3.63, 3.8) is 0 Å². The van der Waals surface area contributed by atoms with Crippen LogP contribution in [0.3, 0.4) is 0 Å². The molecule has 2 aromatic carbocycles. The molecule has 1 aliphatic rings. The number of aliphatic hydroxyl groups excluding tert-OH is 1. The molecule has 0 radical (unpaired) electrons. The number of aryl methyl sites for hydroxylation is 1. The van der Waals surface area contributed by atoms with E-state index in [1.807, 2.05) is 0 Å². The van der Waals surface area contributed by atoms with E-state index in [4.69, 9.17) is 4.74 Å². The van der Waals surface area contributed by atoms with Crippen LogP contribution in [0.15, 0.2) is 36.4 Å². The van der Waals surface area contributed by atoms with Gasteiger partial charge in [-0.25, -0.2) is 9.97 Å². The Morgan fingerprint density at radius 2 is 1.88 bits per heavy atom. The summed E-state index contributed by atoms with van der Waals surface area (Å²) in [6, 6.07) is 8.14. The molecule has 1 aliphatic carbocycles. The minimum Gasteiger partial charge on any atom is -0.496 e. The number of aliphatic hydroxyl groups is 2. The van der Waals surface area contributed by atoms with Crippen molar-refractivity contribution in [2.24, 2.45) is 5.92 Å². The molecule has 0 saturated heterocycles. The van der Waals surface area contributed by atoms with Gasteiger partial charge in [0.25, 0.3) is 0 Å². The fourth-order valence-electron chi connectivity index (χ4n) is 5.60. The summed E-state index contributed by atoms with van der Waals surface area (Å²) in [6.07, 6.45) is -3.51. The maximum Gasteiger partial charge on any atom is 0.416 e. The van der Waals surface area contributed by atoms with Crippen LogP contribution in [0.2, 0.25) is 0 Å². The number of anilines is 1. The van der Waals surface area contributed by atoms with E-state index in [0.29, 0.717) is 65.1 Å². The van der Waals surface area contributed by atoms with Crippen LogP contribution >= 0.6 is 0 Å². The number of ether oxygens (including phenoxy) is 1. The van der Waals surface area contributed by atoms with Crippen molar-refractivity contribution in [1.82, 2.24) is 14.9 Å². The highest BCUT2D eigenvalue weighted by molar-refractivity contribution is 5.91. The number of nitrogens with one attached hydrogen (secondary N) is 1. The summed E-state index contributed by atoms with van der Waals surface area (Å²) in [5, 5.41) is 25.3. The van der Waals surface area contributed by atoms with Gasteiger partial charge in [-0.15, -0.1) is 0 Å². The molecule has 41 heavy (non-hydrogen) atoms. The van der Waals surface area contributed by atoms with Crippen LogP contribution in [0.25, 0.3) is 10.9 Å². The van der Waals surface area contributed by atoms with Gasteiger partial charge in [0.15, 0.2) is 0 Å². The first kappa shape index (κ1) is 30.5. The Morgan fingerprint density at radius 3 is 2.49 bits per heavy atom. The summed E-state index contributed by atoms with van der Waals surface area (Å²) in [5.74, 6) is 1.02. The van der Waals surface area contributed by atoms with E-state index in [9.17, 15) is 28.2 Å². The quantitative estimate of drug-likeness (QED) is 0.333. The Bertz CT molecular complexity index is 1400. The van der Waals surface area contributed by atoms with Crippen molar-refractivity contribution in [2.45, 2.75) is 70.4 Å². The molecule has 2 atom stereocenters. The summed E-state index contributed by atoms with van der Waals surface area (Å²) < 4.78 is 45.5. The van der Waals surface area contributed by atoms with Gasteiger partial charge in [0, 0.05) is 42.6 Å². The van der Waals surface area contributed by atoms with Crippen LogP contribution in [0.4, 0.5) is 19.0 Å². The lowest BCUT2D eigenvalue weighted by Gasteiger charge is -2.38. The topological polar surface area (TPSA) is 108 Å². The Balaban J connectivity index is 1.65. The van der Waals surface area contributed by atoms with Crippen LogP contribution in [0, 0.1) is 12.8 Å². The highest BCUT2D eigenvalue weighted by Crippen LogP contribution is 2.45. The number of nitrogens with zero attached hydrogens (tertiary/aromatic N) is 3. The summed E-state index contributed by atoms with van der Waals surface area (Å²) in [5.41, 5.74) is -0.455. The number of rotatable bonds is 8. The highest BCUT2D eigenvalue weighted by Gasteiger charge is 2.40. The number of halogens is 3. The molecule has 8 nitrogen and oxygen atoms in total. The average Bonchev–Trinajstić information content (AvgIpc) is 2.91. The first-order valence-corrected chi connectivity index (χ1v) is 13.7. The molecule has 1 aromatic heterocycles. The molecule has 1 saturated carbocycles. The van der Waals surface area contributed by atoms with Gasteiger partial charge in [-0.3, -0.25) is 4.79 Å². The standard InChI is InChI=1S/C30H37F3N4O4/c1-17(38)16-37(4)28(39)20-9-11-29(40,12-10-20)24-14-23-25(15-26(24)41-5)35-19(3)36-27(23)34-18(2)21-7-6-8-22(13-21)30(31,32)33/h6-8,13-15,17-18,20,38,40H,9-12,16H2,1-5H3,(H,34,35,36)/t17-,18+,20-,29-/m0/s1. The number of hydrogen-bond donors (Lipinski definition) is 3. The Morgan fingerprint density at radius 1 is 1.20 bits per heavy atom. The first-order chi connectivity index (χ1) is 19.2. The van der Waals surface area contributed by atoms with Crippen molar-refractivity contribution in [3.05, 3.63) is 58.9 Å². The number of benzene rings is 2. The van der Waals surface area contributed by atoms with Crippen molar-refractivity contribution in [3.8, 4) is 5.75 Å². The highest BCUT2D eigenvalue weighted by atomic mass is 19.4. The second kappa shape index (κ2) is 11.8. The van der Waals surface area contributed by atoms with E-state index >= 15 is 0 Å². The van der Waals surface area contributed by atoms with Crippen molar-refractivity contribution < 1.29 is 32.9 Å². The van der Waals surface area contributed by atoms with Gasteiger partial charge in [0.2, 0.25) is 5.91 Å². The molecule has 1 heterocycles. The van der Waals surface area contributed by atoms with Gasteiger partial charge in [-0.05, 0) is 70.2 Å². The van der Waals surface area contributed by atoms with Crippen LogP contribution in [-0.4, -0.2) is 57.8 Å². The maximum atomic E-state index is 13.3. The number of amides is 1. The fourth-order valence-corrected chi connectivity index (χ4v) is 5.60. The lowest BCUT2D eigenvalue weighted by atomic mass is 9.74. The molecule has 4 rings (SSSR count). The minimum atomic E-state index is -4.45. The van der Waals surface area contributed by atoms with E-state index < -0.39 is 29.5 Å². The van der Waals surface area contributed by atoms with Crippen molar-refractivity contribution in [1.29, 1.82) is 0 Å². The van der Waals surface area contributed by atoms with Crippen molar-refractivity contribution >= 4 is 22.6 Å². The lowest BCUT2D eigenvalue weighted by molar-refractivity contribution is -0.139. The molecule has 1 fully saturated rings. The molecular formula is C30H37F3N4O4. The molecule has 0 unspecified atom stereocenters. The number of alkyl halides is 3. The Kier molecular flexibility index (Phi) is 8.79. The van der Waals surface area contributed by atoms with Gasteiger partial charge >= 0.3 is 6.18 Å². The van der Waals surface area contributed by atoms with E-state index in [1.54, 1.807) is 46.0 Å². The zero-order valence-electron chi connectivity index (χ0n) is 23.9. The summed E-state index contributed by atoms with van der Waals surface area (Å²) in [6.45, 7) is 5.35. The third kappa shape index (κ3) is 6.73. The van der Waals surface area contributed by atoms with E-state index in [-0.39, 0.29) is 18.4 Å². The molecular weight excluding hydrogens is 537 g/mol. The molecule has 0 spiro atoms. The number of methoxy groups -OCH3 is 1. The number of likely N-dealkylation sites (N-methyl/N-ethyl adjacent to an activating group) is 1. The number of fused-ring (bicyclic) bond motifs is 1. The lowest BCUT2D eigenvalue weighted by Crippen LogP contribution is -2.41. The molecule has 1 amide bonds. The van der Waals surface area contributed by atoms with Crippen LogP contribution in [-0.2, 0) is 16.6 Å². The third-order valence-electron chi connectivity index (χ3n) is 7.77. The number of hydrogen-bond acceptors (Lipinski definition) is 7. The summed E-state index contributed by atoms with van der Waals surface area (Å²) in [4.78, 5) is 23.5. The fraction of sp³-hybridized carbons (Fsp3) is 0.500. The molecule has 3 aromatic rings. The molecule has 3 N–H and O–H groups in total. The number of aromatic nitrogens is 2. The molecule has 222 valence electrons. The molecule has 0 aliphatic heterocycles.